The minimum Gasteiger partial charge on any atom is -0.481 e. The molecule has 0 aromatic carbocycles. The van der Waals surface area contributed by atoms with E-state index in [1.54, 1.807) is 0 Å². The summed E-state index contributed by atoms with van der Waals surface area (Å²) >= 11 is 0. The highest BCUT2D eigenvalue weighted by molar-refractivity contribution is 5.81. The average molecular weight is 236 g/mol. The topological polar surface area (TPSA) is 64.3 Å². The van der Waals surface area contributed by atoms with Gasteiger partial charge in [0.05, 0.1) is 12.2 Å². The van der Waals surface area contributed by atoms with Crippen LogP contribution in [-0.4, -0.2) is 27.2 Å². The van der Waals surface area contributed by atoms with E-state index >= 15 is 0 Å². The molecule has 1 aromatic heterocycles. The van der Waals surface area contributed by atoms with E-state index in [1.165, 1.54) is 0 Å². The van der Waals surface area contributed by atoms with Crippen molar-refractivity contribution in [3.05, 3.63) is 11.4 Å². The Morgan fingerprint density at radius 1 is 1.47 bits per heavy atom. The van der Waals surface area contributed by atoms with E-state index in [0.29, 0.717) is 25.5 Å². The van der Waals surface area contributed by atoms with Crippen molar-refractivity contribution in [1.29, 1.82) is 0 Å². The number of hydrogen-bond donors (Lipinski definition) is 1. The van der Waals surface area contributed by atoms with Gasteiger partial charge in [0, 0.05) is 5.69 Å². The molecule has 1 fully saturated rings. The maximum Gasteiger partial charge on any atom is 0.315 e. The van der Waals surface area contributed by atoms with Gasteiger partial charge in [0.15, 0.2) is 0 Å². The van der Waals surface area contributed by atoms with E-state index in [-0.39, 0.29) is 0 Å². The highest BCUT2D eigenvalue weighted by Gasteiger charge is 2.47. The van der Waals surface area contributed by atoms with Crippen LogP contribution in [0.5, 0.6) is 6.01 Å². The van der Waals surface area contributed by atoms with Crippen molar-refractivity contribution < 1.29 is 14.6 Å². The fourth-order valence-corrected chi connectivity index (χ4v) is 3.09. The molecule has 3 rings (SSSR count). The molecule has 0 bridgehead atoms. The van der Waals surface area contributed by atoms with Gasteiger partial charge in [-0.15, -0.1) is 0 Å². The third-order valence-corrected chi connectivity index (χ3v) is 4.05. The first kappa shape index (κ1) is 10.6. The van der Waals surface area contributed by atoms with Crippen LogP contribution >= 0.6 is 0 Å². The number of ether oxygens (including phenoxy) is 1. The lowest BCUT2D eigenvalue weighted by molar-refractivity contribution is -0.143. The number of hydrogen-bond acceptors (Lipinski definition) is 3. The Balaban J connectivity index is 2.11. The molecule has 1 N–H and O–H groups in total. The van der Waals surface area contributed by atoms with Gasteiger partial charge in [-0.1, -0.05) is 12.8 Å². The van der Waals surface area contributed by atoms with Crippen LogP contribution in [0, 0.1) is 6.92 Å². The van der Waals surface area contributed by atoms with Crippen LogP contribution in [0.2, 0.25) is 0 Å². The minimum atomic E-state index is -0.773. The Hall–Kier alpha value is -1.52. The average Bonchev–Trinajstić information content (AvgIpc) is 2.96. The summed E-state index contributed by atoms with van der Waals surface area (Å²) in [5.74, 6) is -0.741. The SMILES string of the molecule is Cc1c(C2(C(=O)O)CCCC2)nc2n1CCO2. The van der Waals surface area contributed by atoms with Gasteiger partial charge in [0.25, 0.3) is 6.01 Å². The zero-order valence-electron chi connectivity index (χ0n) is 9.90. The molecule has 5 nitrogen and oxygen atoms in total. The van der Waals surface area contributed by atoms with Gasteiger partial charge in [-0.3, -0.25) is 9.36 Å². The zero-order valence-corrected chi connectivity index (χ0v) is 9.90. The molecule has 0 atom stereocenters. The predicted octanol–water partition coefficient (Wildman–Crippen LogP) is 1.48. The first-order valence-corrected chi connectivity index (χ1v) is 6.09. The molecule has 5 heteroatoms. The number of carboxylic acids is 1. The lowest BCUT2D eigenvalue weighted by Gasteiger charge is -2.22. The standard InChI is InChI=1S/C12H16N2O3/c1-8-9(13-11-14(8)6-7-17-11)12(10(15)16)4-2-3-5-12/h2-7H2,1H3,(H,15,16). The van der Waals surface area contributed by atoms with Crippen LogP contribution in [0.3, 0.4) is 0 Å². The Morgan fingerprint density at radius 3 is 2.76 bits per heavy atom. The van der Waals surface area contributed by atoms with Crippen molar-refractivity contribution in [2.45, 2.75) is 44.6 Å². The Labute approximate surface area is 99.4 Å². The molecule has 1 aliphatic carbocycles. The number of nitrogens with zero attached hydrogens (tertiary/aromatic N) is 2. The highest BCUT2D eigenvalue weighted by Crippen LogP contribution is 2.43. The normalized spacial score (nSPS) is 21.2. The summed E-state index contributed by atoms with van der Waals surface area (Å²) in [6, 6.07) is 0.588. The molecule has 0 spiro atoms. The van der Waals surface area contributed by atoms with E-state index in [4.69, 9.17) is 4.74 Å². The molecule has 1 saturated carbocycles. The minimum absolute atomic E-state index is 0.588. The zero-order chi connectivity index (χ0) is 12.0. The van der Waals surface area contributed by atoms with E-state index in [0.717, 1.165) is 30.8 Å². The molecule has 1 aromatic rings. The maximum atomic E-state index is 11.6. The fraction of sp³-hybridized carbons (Fsp3) is 0.667. The van der Waals surface area contributed by atoms with Crippen LogP contribution in [0.15, 0.2) is 0 Å². The fourth-order valence-electron chi connectivity index (χ4n) is 3.09. The molecule has 0 saturated heterocycles. The summed E-state index contributed by atoms with van der Waals surface area (Å²) in [5, 5.41) is 9.54. The largest absolute Gasteiger partial charge is 0.481 e. The number of imidazole rings is 1. The first-order chi connectivity index (χ1) is 8.15. The van der Waals surface area contributed by atoms with Crippen molar-refractivity contribution in [2.75, 3.05) is 6.61 Å². The maximum absolute atomic E-state index is 11.6. The van der Waals surface area contributed by atoms with Gasteiger partial charge in [0.2, 0.25) is 0 Å². The quantitative estimate of drug-likeness (QED) is 0.844. The summed E-state index contributed by atoms with van der Waals surface area (Å²) in [7, 11) is 0. The van der Waals surface area contributed by atoms with Gasteiger partial charge >= 0.3 is 5.97 Å². The molecule has 0 unspecified atom stereocenters. The van der Waals surface area contributed by atoms with Crippen LogP contribution < -0.4 is 4.74 Å². The van der Waals surface area contributed by atoms with Crippen molar-refractivity contribution >= 4 is 5.97 Å². The highest BCUT2D eigenvalue weighted by atomic mass is 16.5. The smallest absolute Gasteiger partial charge is 0.315 e. The molecular weight excluding hydrogens is 220 g/mol. The van der Waals surface area contributed by atoms with E-state index < -0.39 is 11.4 Å². The lowest BCUT2D eigenvalue weighted by Crippen LogP contribution is -2.34. The Morgan fingerprint density at radius 2 is 2.18 bits per heavy atom. The van der Waals surface area contributed by atoms with Gasteiger partial charge in [-0.2, -0.15) is 4.98 Å². The second-order valence-electron chi connectivity index (χ2n) is 4.92. The van der Waals surface area contributed by atoms with E-state index in [9.17, 15) is 9.90 Å². The molecule has 2 aliphatic rings. The summed E-state index contributed by atoms with van der Waals surface area (Å²) in [6.07, 6.45) is 3.32. The number of aliphatic carboxylic acids is 1. The number of aromatic nitrogens is 2. The Bertz CT molecular complexity index is 472. The molecule has 17 heavy (non-hydrogen) atoms. The molecular formula is C12H16N2O3. The third-order valence-electron chi connectivity index (χ3n) is 4.05. The number of carbonyl (C=O) groups is 1. The van der Waals surface area contributed by atoms with Crippen molar-refractivity contribution in [1.82, 2.24) is 9.55 Å². The predicted molar refractivity (Wildman–Crippen MR) is 60.2 cm³/mol. The van der Waals surface area contributed by atoms with Crippen LogP contribution in [0.25, 0.3) is 0 Å². The second-order valence-corrected chi connectivity index (χ2v) is 4.92. The molecule has 92 valence electrons. The first-order valence-electron chi connectivity index (χ1n) is 6.09. The Kier molecular flexibility index (Phi) is 2.18. The van der Waals surface area contributed by atoms with E-state index in [2.05, 4.69) is 4.98 Å². The van der Waals surface area contributed by atoms with Gasteiger partial charge in [-0.05, 0) is 19.8 Å². The van der Waals surface area contributed by atoms with Crippen molar-refractivity contribution in [3.8, 4) is 6.01 Å². The number of fused-ring (bicyclic) bond motifs is 1. The summed E-state index contributed by atoms with van der Waals surface area (Å²) in [5.41, 5.74) is 0.907. The monoisotopic (exact) mass is 236 g/mol. The van der Waals surface area contributed by atoms with Crippen molar-refractivity contribution in [3.63, 3.8) is 0 Å². The summed E-state index contributed by atoms with van der Waals surface area (Å²) in [6.45, 7) is 3.37. The molecule has 0 amide bonds. The van der Waals surface area contributed by atoms with Crippen LogP contribution in [0.1, 0.15) is 37.1 Å². The summed E-state index contributed by atoms with van der Waals surface area (Å²) < 4.78 is 7.39. The van der Waals surface area contributed by atoms with Crippen LogP contribution in [0.4, 0.5) is 0 Å². The molecule has 1 aliphatic heterocycles. The van der Waals surface area contributed by atoms with Crippen LogP contribution in [-0.2, 0) is 16.8 Å². The van der Waals surface area contributed by atoms with Gasteiger partial charge in [0.1, 0.15) is 12.0 Å². The number of carboxylic acid groups (broad SMARTS) is 1. The van der Waals surface area contributed by atoms with Gasteiger partial charge in [-0.25, -0.2) is 0 Å². The molecule has 2 heterocycles. The second kappa shape index (κ2) is 3.48. The van der Waals surface area contributed by atoms with E-state index in [1.807, 2.05) is 11.5 Å². The lowest BCUT2D eigenvalue weighted by atomic mass is 9.82. The van der Waals surface area contributed by atoms with Gasteiger partial charge < -0.3 is 9.84 Å². The molecule has 0 radical (unpaired) electrons. The number of rotatable bonds is 2. The van der Waals surface area contributed by atoms with Crippen molar-refractivity contribution in [2.24, 2.45) is 0 Å². The third kappa shape index (κ3) is 1.31. The summed E-state index contributed by atoms with van der Waals surface area (Å²) in [4.78, 5) is 16.0.